The first-order valence-corrected chi connectivity index (χ1v) is 12.8. The average molecular weight is 517 g/mol. The van der Waals surface area contributed by atoms with E-state index in [1.54, 1.807) is 17.1 Å². The van der Waals surface area contributed by atoms with Crippen LogP contribution in [0, 0.1) is 12.8 Å². The standard InChI is InChI=1S/C28H26F2N6O2/c1-16-33-21-3-2-20(8-23(21)34-16)38-25-5-4-22-27(26(25)18-6-7-37-15-18)35-24(12-31-22)19-11-32-36(14-19)13-17-9-28(29,30)10-17/h2-5,8,11-12,14,17-18H,6-7,9-10,13,15H2,1H3,(H,33,34). The summed E-state index contributed by atoms with van der Waals surface area (Å²) in [5.74, 6) is -0.195. The summed E-state index contributed by atoms with van der Waals surface area (Å²) >= 11 is 0. The van der Waals surface area contributed by atoms with Gasteiger partial charge in [-0.1, -0.05) is 0 Å². The molecule has 7 rings (SSSR count). The number of imidazole rings is 1. The molecule has 0 radical (unpaired) electrons. The van der Waals surface area contributed by atoms with Gasteiger partial charge in [0.25, 0.3) is 0 Å². The van der Waals surface area contributed by atoms with Crippen molar-refractivity contribution in [3.8, 4) is 22.8 Å². The van der Waals surface area contributed by atoms with Gasteiger partial charge in [-0.3, -0.25) is 9.67 Å². The van der Waals surface area contributed by atoms with Crippen molar-refractivity contribution < 1.29 is 18.3 Å². The summed E-state index contributed by atoms with van der Waals surface area (Å²) in [4.78, 5) is 17.4. The fourth-order valence-electron chi connectivity index (χ4n) is 5.55. The number of hydrogen-bond acceptors (Lipinski definition) is 6. The lowest BCUT2D eigenvalue weighted by atomic mass is 9.81. The summed E-state index contributed by atoms with van der Waals surface area (Å²) < 4.78 is 40.4. The molecule has 5 aromatic rings. The largest absolute Gasteiger partial charge is 0.457 e. The van der Waals surface area contributed by atoms with Gasteiger partial charge in [-0.25, -0.2) is 18.7 Å². The van der Waals surface area contributed by atoms with E-state index in [0.717, 1.165) is 51.2 Å². The topological polar surface area (TPSA) is 90.7 Å². The molecular weight excluding hydrogens is 490 g/mol. The van der Waals surface area contributed by atoms with Crippen molar-refractivity contribution in [2.75, 3.05) is 13.2 Å². The highest BCUT2D eigenvalue weighted by Crippen LogP contribution is 2.43. The van der Waals surface area contributed by atoms with E-state index in [2.05, 4.69) is 20.1 Å². The van der Waals surface area contributed by atoms with E-state index in [1.165, 1.54) is 0 Å². The Morgan fingerprint density at radius 2 is 2.00 bits per heavy atom. The molecule has 3 aromatic heterocycles. The molecule has 8 nitrogen and oxygen atoms in total. The Morgan fingerprint density at radius 1 is 1.13 bits per heavy atom. The minimum Gasteiger partial charge on any atom is -0.457 e. The van der Waals surface area contributed by atoms with Crippen molar-refractivity contribution in [2.45, 2.75) is 44.6 Å². The van der Waals surface area contributed by atoms with Crippen molar-refractivity contribution in [1.29, 1.82) is 0 Å². The number of H-pyrrole nitrogens is 1. The van der Waals surface area contributed by atoms with Crippen LogP contribution in [-0.4, -0.2) is 48.9 Å². The number of ether oxygens (including phenoxy) is 2. The van der Waals surface area contributed by atoms with Gasteiger partial charge >= 0.3 is 0 Å². The molecule has 10 heteroatoms. The number of rotatable bonds is 6. The zero-order valence-electron chi connectivity index (χ0n) is 20.8. The second kappa shape index (κ2) is 8.83. The van der Waals surface area contributed by atoms with Crippen LogP contribution in [0.4, 0.5) is 8.78 Å². The third-order valence-electron chi connectivity index (χ3n) is 7.40. The van der Waals surface area contributed by atoms with E-state index in [9.17, 15) is 8.78 Å². The summed E-state index contributed by atoms with van der Waals surface area (Å²) in [6, 6.07) is 9.66. The van der Waals surface area contributed by atoms with Gasteiger partial charge in [0.15, 0.2) is 0 Å². The molecule has 1 saturated carbocycles. The molecule has 1 aliphatic carbocycles. The maximum absolute atomic E-state index is 13.2. The SMILES string of the molecule is Cc1nc2ccc(Oc3ccc4ncc(-c5cnn(CC6CC(F)(F)C6)c5)nc4c3C3CCOC3)cc2[nH]1. The van der Waals surface area contributed by atoms with Crippen molar-refractivity contribution in [3.05, 3.63) is 60.3 Å². The van der Waals surface area contributed by atoms with Crippen molar-refractivity contribution in [2.24, 2.45) is 5.92 Å². The monoisotopic (exact) mass is 516 g/mol. The highest BCUT2D eigenvalue weighted by atomic mass is 19.3. The zero-order valence-corrected chi connectivity index (χ0v) is 20.8. The average Bonchev–Trinajstić information content (AvgIpc) is 3.63. The van der Waals surface area contributed by atoms with Crippen LogP contribution >= 0.6 is 0 Å². The van der Waals surface area contributed by atoms with Crippen LogP contribution in [0.15, 0.2) is 48.9 Å². The first-order valence-electron chi connectivity index (χ1n) is 12.8. The van der Waals surface area contributed by atoms with Crippen LogP contribution < -0.4 is 4.74 Å². The van der Waals surface area contributed by atoms with E-state index in [4.69, 9.17) is 14.5 Å². The third kappa shape index (κ3) is 4.28. The first kappa shape index (κ1) is 23.2. The van der Waals surface area contributed by atoms with Crippen molar-refractivity contribution in [1.82, 2.24) is 29.7 Å². The van der Waals surface area contributed by atoms with Crippen LogP contribution in [-0.2, 0) is 11.3 Å². The maximum atomic E-state index is 13.2. The van der Waals surface area contributed by atoms with Gasteiger partial charge in [0, 0.05) is 55.3 Å². The van der Waals surface area contributed by atoms with Crippen molar-refractivity contribution >= 4 is 22.1 Å². The highest BCUT2D eigenvalue weighted by Gasteiger charge is 2.45. The number of aromatic amines is 1. The molecule has 1 aliphatic heterocycles. The van der Waals surface area contributed by atoms with Gasteiger partial charge in [0.2, 0.25) is 5.92 Å². The van der Waals surface area contributed by atoms with E-state index < -0.39 is 5.92 Å². The Hall–Kier alpha value is -3.92. The maximum Gasteiger partial charge on any atom is 0.248 e. The summed E-state index contributed by atoms with van der Waals surface area (Å²) in [6.07, 6.45) is 6.00. The van der Waals surface area contributed by atoms with Crippen LogP contribution in [0.2, 0.25) is 0 Å². The summed E-state index contributed by atoms with van der Waals surface area (Å²) in [7, 11) is 0. The predicted molar refractivity (Wildman–Crippen MR) is 138 cm³/mol. The van der Waals surface area contributed by atoms with Gasteiger partial charge in [-0.15, -0.1) is 0 Å². The van der Waals surface area contributed by atoms with Crippen molar-refractivity contribution in [3.63, 3.8) is 0 Å². The summed E-state index contributed by atoms with van der Waals surface area (Å²) in [5, 5.41) is 4.39. The molecule has 2 aromatic carbocycles. The molecule has 1 unspecified atom stereocenters. The Bertz CT molecular complexity index is 1650. The fourth-order valence-corrected chi connectivity index (χ4v) is 5.55. The molecule has 2 fully saturated rings. The van der Waals surface area contributed by atoms with E-state index in [1.807, 2.05) is 43.5 Å². The molecule has 0 amide bonds. The lowest BCUT2D eigenvalue weighted by Gasteiger charge is -2.34. The second-order valence-corrected chi connectivity index (χ2v) is 10.3. The molecule has 38 heavy (non-hydrogen) atoms. The Balaban J connectivity index is 1.24. The minimum atomic E-state index is -2.53. The number of nitrogens with zero attached hydrogens (tertiary/aromatic N) is 5. The smallest absolute Gasteiger partial charge is 0.248 e. The van der Waals surface area contributed by atoms with Gasteiger partial charge < -0.3 is 14.5 Å². The molecule has 1 N–H and O–H groups in total. The molecule has 0 spiro atoms. The number of nitrogens with one attached hydrogen (secondary N) is 1. The lowest BCUT2D eigenvalue weighted by Crippen LogP contribution is -2.37. The molecule has 194 valence electrons. The summed E-state index contributed by atoms with van der Waals surface area (Å²) in [5.41, 5.74) is 5.78. The van der Waals surface area contributed by atoms with Gasteiger partial charge in [-0.05, 0) is 43.5 Å². The number of aryl methyl sites for hydroxylation is 1. The van der Waals surface area contributed by atoms with Gasteiger partial charge in [-0.2, -0.15) is 5.10 Å². The highest BCUT2D eigenvalue weighted by molar-refractivity contribution is 5.84. The van der Waals surface area contributed by atoms with Gasteiger partial charge in [0.05, 0.1) is 46.8 Å². The molecule has 0 bridgehead atoms. The lowest BCUT2D eigenvalue weighted by molar-refractivity contribution is -0.114. The van der Waals surface area contributed by atoms with Crippen LogP contribution in [0.5, 0.6) is 11.5 Å². The summed E-state index contributed by atoms with van der Waals surface area (Å²) in [6.45, 7) is 3.66. The predicted octanol–water partition coefficient (Wildman–Crippen LogP) is 6.02. The Labute approximate surface area is 217 Å². The van der Waals surface area contributed by atoms with E-state index in [0.29, 0.717) is 31.2 Å². The Kier molecular flexibility index (Phi) is 5.40. The van der Waals surface area contributed by atoms with Crippen LogP contribution in [0.25, 0.3) is 33.3 Å². The number of hydrogen-bond donors (Lipinski definition) is 1. The number of halogens is 2. The molecule has 4 heterocycles. The number of alkyl halides is 2. The second-order valence-electron chi connectivity index (χ2n) is 10.3. The fraction of sp³-hybridized carbons (Fsp3) is 0.357. The number of benzene rings is 2. The third-order valence-corrected chi connectivity index (χ3v) is 7.40. The minimum absolute atomic E-state index is 0.0565. The normalized spacial score (nSPS) is 19.3. The van der Waals surface area contributed by atoms with Crippen LogP contribution in [0.1, 0.15) is 36.6 Å². The molecule has 2 aliphatic rings. The number of fused-ring (bicyclic) bond motifs is 2. The first-order chi connectivity index (χ1) is 18.4. The van der Waals surface area contributed by atoms with Gasteiger partial charge in [0.1, 0.15) is 17.3 Å². The zero-order chi connectivity index (χ0) is 25.9. The molecular formula is C28H26F2N6O2. The quantitative estimate of drug-likeness (QED) is 0.297. The molecule has 1 saturated heterocycles. The molecule has 1 atom stereocenters. The van der Waals surface area contributed by atoms with E-state index in [-0.39, 0.29) is 24.7 Å². The van der Waals surface area contributed by atoms with E-state index >= 15 is 0 Å². The number of aromatic nitrogens is 6. The van der Waals surface area contributed by atoms with Crippen LogP contribution in [0.3, 0.4) is 0 Å². The Morgan fingerprint density at radius 3 is 2.82 bits per heavy atom.